The predicted molar refractivity (Wildman–Crippen MR) is 112 cm³/mol. The van der Waals surface area contributed by atoms with Gasteiger partial charge in [0, 0.05) is 32.6 Å². The van der Waals surface area contributed by atoms with Crippen LogP contribution in [0.3, 0.4) is 0 Å². The number of halogens is 1. The van der Waals surface area contributed by atoms with Gasteiger partial charge in [0.2, 0.25) is 5.91 Å². The molecular weight excluding hydrogens is 383 g/mol. The summed E-state index contributed by atoms with van der Waals surface area (Å²) in [6.45, 7) is 5.10. The highest BCUT2D eigenvalue weighted by Crippen LogP contribution is 2.24. The largest absolute Gasteiger partial charge is 0.342 e. The molecule has 2 aromatic rings. The van der Waals surface area contributed by atoms with Gasteiger partial charge in [-0.1, -0.05) is 6.92 Å². The number of hydrogen-bond acceptors (Lipinski definition) is 3. The summed E-state index contributed by atoms with van der Waals surface area (Å²) in [6.07, 6.45) is 6.91. The molecule has 0 bridgehead atoms. The molecule has 0 radical (unpaired) electrons. The molecular formula is C23H29FN4O2. The fourth-order valence-electron chi connectivity index (χ4n) is 4.55. The normalized spacial score (nSPS) is 18.1. The maximum Gasteiger partial charge on any atom is 0.257 e. The van der Waals surface area contributed by atoms with Crippen molar-refractivity contribution in [2.75, 3.05) is 26.2 Å². The molecule has 0 aliphatic carbocycles. The summed E-state index contributed by atoms with van der Waals surface area (Å²) < 4.78 is 15.0. The topological polar surface area (TPSA) is 58.4 Å². The molecule has 0 N–H and O–H groups in total. The third-order valence-electron chi connectivity index (χ3n) is 6.31. The van der Waals surface area contributed by atoms with E-state index in [1.807, 2.05) is 16.7 Å². The molecule has 4 rings (SSSR count). The second-order valence-electron chi connectivity index (χ2n) is 8.28. The molecule has 1 aromatic carbocycles. The van der Waals surface area contributed by atoms with Crippen molar-refractivity contribution in [3.63, 3.8) is 0 Å². The Hall–Kier alpha value is -2.70. The van der Waals surface area contributed by atoms with Crippen LogP contribution in [-0.4, -0.2) is 57.6 Å². The number of likely N-dealkylation sites (tertiary alicyclic amines) is 2. The molecule has 0 unspecified atom stereocenters. The van der Waals surface area contributed by atoms with E-state index < -0.39 is 0 Å². The molecule has 1 aromatic heterocycles. The first-order valence-corrected chi connectivity index (χ1v) is 11.0. The smallest absolute Gasteiger partial charge is 0.257 e. The summed E-state index contributed by atoms with van der Waals surface area (Å²) in [6, 6.07) is 6.14. The van der Waals surface area contributed by atoms with Crippen molar-refractivity contribution in [2.24, 2.45) is 5.92 Å². The molecule has 0 saturated carbocycles. The zero-order valence-electron chi connectivity index (χ0n) is 17.5. The fraction of sp³-hybridized carbons (Fsp3) is 0.522. The van der Waals surface area contributed by atoms with Gasteiger partial charge in [-0.2, -0.15) is 5.10 Å². The lowest BCUT2D eigenvalue weighted by Crippen LogP contribution is -2.44. The van der Waals surface area contributed by atoms with Crippen molar-refractivity contribution in [3.05, 3.63) is 47.5 Å². The Morgan fingerprint density at radius 2 is 1.87 bits per heavy atom. The van der Waals surface area contributed by atoms with Crippen LogP contribution >= 0.6 is 0 Å². The quantitative estimate of drug-likeness (QED) is 0.756. The van der Waals surface area contributed by atoms with E-state index in [-0.39, 0.29) is 17.6 Å². The minimum atomic E-state index is -0.297. The molecule has 2 fully saturated rings. The van der Waals surface area contributed by atoms with Crippen molar-refractivity contribution >= 4 is 11.8 Å². The van der Waals surface area contributed by atoms with Gasteiger partial charge in [-0.3, -0.25) is 9.59 Å². The zero-order valence-corrected chi connectivity index (χ0v) is 17.5. The first kappa shape index (κ1) is 20.6. The number of benzene rings is 1. The van der Waals surface area contributed by atoms with E-state index in [0.29, 0.717) is 37.4 Å². The monoisotopic (exact) mass is 412 g/mol. The van der Waals surface area contributed by atoms with Crippen molar-refractivity contribution < 1.29 is 14.0 Å². The molecule has 2 amide bonds. The van der Waals surface area contributed by atoms with Gasteiger partial charge in [-0.05, 0) is 62.3 Å². The Kier molecular flexibility index (Phi) is 6.16. The molecule has 0 atom stereocenters. The van der Waals surface area contributed by atoms with Crippen LogP contribution in [0.4, 0.5) is 4.39 Å². The Morgan fingerprint density at radius 1 is 1.13 bits per heavy atom. The van der Waals surface area contributed by atoms with Crippen LogP contribution in [0.25, 0.3) is 5.69 Å². The highest BCUT2D eigenvalue weighted by atomic mass is 19.1. The average molecular weight is 413 g/mol. The SMILES string of the molecule is CCc1c(C(=O)N2CCC(CN3CCCCC3=O)CC2)cnn1-c1ccc(F)cc1. The van der Waals surface area contributed by atoms with Gasteiger partial charge in [-0.15, -0.1) is 0 Å². The van der Waals surface area contributed by atoms with Gasteiger partial charge in [0.05, 0.1) is 23.1 Å². The molecule has 2 aliphatic heterocycles. The summed E-state index contributed by atoms with van der Waals surface area (Å²) in [5.41, 5.74) is 2.20. The third-order valence-corrected chi connectivity index (χ3v) is 6.31. The van der Waals surface area contributed by atoms with Crippen LogP contribution in [0.2, 0.25) is 0 Å². The predicted octanol–water partition coefficient (Wildman–Crippen LogP) is 3.44. The lowest BCUT2D eigenvalue weighted by atomic mass is 9.94. The van der Waals surface area contributed by atoms with Crippen LogP contribution in [0.1, 0.15) is 55.1 Å². The number of piperidine rings is 2. The van der Waals surface area contributed by atoms with Gasteiger partial charge in [0.1, 0.15) is 5.82 Å². The number of carbonyl (C=O) groups excluding carboxylic acids is 2. The number of carbonyl (C=O) groups is 2. The van der Waals surface area contributed by atoms with Crippen molar-refractivity contribution in [3.8, 4) is 5.69 Å². The summed E-state index contributed by atoms with van der Waals surface area (Å²) >= 11 is 0. The lowest BCUT2D eigenvalue weighted by Gasteiger charge is -2.36. The first-order chi connectivity index (χ1) is 14.6. The summed E-state index contributed by atoms with van der Waals surface area (Å²) in [5.74, 6) is 0.450. The van der Waals surface area contributed by atoms with E-state index >= 15 is 0 Å². The minimum Gasteiger partial charge on any atom is -0.342 e. The Bertz CT molecular complexity index is 900. The summed E-state index contributed by atoms with van der Waals surface area (Å²) in [7, 11) is 0. The number of amides is 2. The van der Waals surface area contributed by atoms with Gasteiger partial charge >= 0.3 is 0 Å². The van der Waals surface area contributed by atoms with Crippen LogP contribution < -0.4 is 0 Å². The molecule has 3 heterocycles. The van der Waals surface area contributed by atoms with Crippen LogP contribution in [-0.2, 0) is 11.2 Å². The molecule has 2 aliphatic rings. The van der Waals surface area contributed by atoms with Crippen molar-refractivity contribution in [2.45, 2.75) is 45.4 Å². The van der Waals surface area contributed by atoms with Gasteiger partial charge in [0.15, 0.2) is 0 Å². The summed E-state index contributed by atoms with van der Waals surface area (Å²) in [4.78, 5) is 29.2. The van der Waals surface area contributed by atoms with Gasteiger partial charge in [0.25, 0.3) is 5.91 Å². The van der Waals surface area contributed by atoms with Gasteiger partial charge < -0.3 is 9.80 Å². The maximum absolute atomic E-state index is 13.3. The second kappa shape index (κ2) is 8.98. The Morgan fingerprint density at radius 3 is 2.53 bits per heavy atom. The third kappa shape index (κ3) is 4.25. The Labute approximate surface area is 176 Å². The number of rotatable bonds is 5. The van der Waals surface area contributed by atoms with Crippen LogP contribution in [0, 0.1) is 11.7 Å². The van der Waals surface area contributed by atoms with Crippen LogP contribution in [0.5, 0.6) is 0 Å². The number of hydrogen-bond donors (Lipinski definition) is 0. The Balaban J connectivity index is 1.40. The van der Waals surface area contributed by atoms with Crippen LogP contribution in [0.15, 0.2) is 30.5 Å². The molecule has 160 valence electrons. The van der Waals surface area contributed by atoms with E-state index in [1.54, 1.807) is 23.0 Å². The first-order valence-electron chi connectivity index (χ1n) is 11.0. The summed E-state index contributed by atoms with van der Waals surface area (Å²) in [5, 5.41) is 4.41. The zero-order chi connectivity index (χ0) is 21.1. The fourth-order valence-corrected chi connectivity index (χ4v) is 4.55. The maximum atomic E-state index is 13.3. The average Bonchev–Trinajstić information content (AvgIpc) is 3.20. The minimum absolute atomic E-state index is 0.00714. The molecule has 2 saturated heterocycles. The highest BCUT2D eigenvalue weighted by Gasteiger charge is 2.29. The van der Waals surface area contributed by atoms with Gasteiger partial charge in [-0.25, -0.2) is 9.07 Å². The second-order valence-corrected chi connectivity index (χ2v) is 8.28. The lowest BCUT2D eigenvalue weighted by molar-refractivity contribution is -0.134. The molecule has 7 heteroatoms. The van der Waals surface area contributed by atoms with Crippen molar-refractivity contribution in [1.29, 1.82) is 0 Å². The van der Waals surface area contributed by atoms with E-state index in [2.05, 4.69) is 5.10 Å². The van der Waals surface area contributed by atoms with E-state index in [1.165, 1.54) is 12.1 Å². The van der Waals surface area contributed by atoms with E-state index in [9.17, 15) is 14.0 Å². The van der Waals surface area contributed by atoms with E-state index in [0.717, 1.165) is 50.2 Å². The van der Waals surface area contributed by atoms with E-state index in [4.69, 9.17) is 0 Å². The molecule has 0 spiro atoms. The highest BCUT2D eigenvalue weighted by molar-refractivity contribution is 5.95. The number of aromatic nitrogens is 2. The molecule has 30 heavy (non-hydrogen) atoms. The number of nitrogens with zero attached hydrogens (tertiary/aromatic N) is 4. The standard InChI is InChI=1S/C23H29FN4O2/c1-2-21-20(15-25-28(21)19-8-6-18(24)7-9-19)23(30)26-13-10-17(11-14-26)16-27-12-4-3-5-22(27)29/h6-9,15,17H,2-5,10-14,16H2,1H3. The molecule has 6 nitrogen and oxygen atoms in total. The van der Waals surface area contributed by atoms with Crippen molar-refractivity contribution in [1.82, 2.24) is 19.6 Å².